The molecule has 10 nitrogen and oxygen atoms in total. The molecule has 0 saturated carbocycles. The van der Waals surface area contributed by atoms with Crippen LogP contribution in [0.5, 0.6) is 5.75 Å². The second-order valence-corrected chi connectivity index (χ2v) is 9.17. The summed E-state index contributed by atoms with van der Waals surface area (Å²) in [6.45, 7) is -0.384. The van der Waals surface area contributed by atoms with Crippen LogP contribution in [0.25, 0.3) is 0 Å². The maximum atomic E-state index is 13.3. The lowest BCUT2D eigenvalue weighted by atomic mass is 9.77. The number of ether oxygens (including phenoxy) is 2. The Hall–Kier alpha value is -3.47. The summed E-state index contributed by atoms with van der Waals surface area (Å²) in [5.74, 6) is -2.71. The summed E-state index contributed by atoms with van der Waals surface area (Å²) in [6, 6.07) is 9.80. The lowest BCUT2D eigenvalue weighted by molar-refractivity contribution is -0.384. The fourth-order valence-electron chi connectivity index (χ4n) is 4.71. The molecule has 2 aromatic carbocycles. The van der Waals surface area contributed by atoms with E-state index in [1.54, 1.807) is 24.3 Å². The fraction of sp³-hybridized carbons (Fsp3) is 0.261. The number of hydrogen-bond acceptors (Lipinski definition) is 7. The molecule has 3 aliphatic heterocycles. The van der Waals surface area contributed by atoms with Crippen LogP contribution in [0.15, 0.2) is 54.6 Å². The zero-order chi connectivity index (χ0) is 24.9. The molecule has 1 N–H and O–H groups in total. The van der Waals surface area contributed by atoms with Crippen molar-refractivity contribution in [1.82, 2.24) is 5.32 Å². The standard InChI is InChI=1S/C23H17Cl2N3O7/c24-12-1-6-16(15(25)9-12)34-10-18(29)26-11-23-8-7-17(35-23)19-20(23)22(31)27(21(19)30)13-2-4-14(5-3-13)28(32)33/h1-9,17,19-20H,10-11H2,(H,26,29)/t17-,19-,20+,23+/m0/s1. The highest BCUT2D eigenvalue weighted by Gasteiger charge is 2.67. The van der Waals surface area contributed by atoms with Crippen LogP contribution in [0, 0.1) is 22.0 Å². The third-order valence-corrected chi connectivity index (χ3v) is 6.82. The summed E-state index contributed by atoms with van der Waals surface area (Å²) in [7, 11) is 0. The number of fused-ring (bicyclic) bond motifs is 5. The molecule has 2 bridgehead atoms. The van der Waals surface area contributed by atoms with Crippen LogP contribution in [-0.4, -0.2) is 47.5 Å². The number of carbonyl (C=O) groups is 3. The monoisotopic (exact) mass is 517 g/mol. The smallest absolute Gasteiger partial charge is 0.269 e. The summed E-state index contributed by atoms with van der Waals surface area (Å²) in [6.07, 6.45) is 2.79. The van der Waals surface area contributed by atoms with Gasteiger partial charge >= 0.3 is 0 Å². The van der Waals surface area contributed by atoms with Crippen molar-refractivity contribution in [3.8, 4) is 5.75 Å². The largest absolute Gasteiger partial charge is 0.482 e. The molecule has 5 rings (SSSR count). The van der Waals surface area contributed by atoms with Gasteiger partial charge in [-0.15, -0.1) is 0 Å². The molecule has 2 saturated heterocycles. The predicted molar refractivity (Wildman–Crippen MR) is 124 cm³/mol. The quantitative estimate of drug-likeness (QED) is 0.258. The molecule has 2 aromatic rings. The summed E-state index contributed by atoms with van der Waals surface area (Å²) in [5, 5.41) is 14.3. The second kappa shape index (κ2) is 8.63. The van der Waals surface area contributed by atoms with E-state index in [0.29, 0.717) is 5.02 Å². The van der Waals surface area contributed by atoms with Gasteiger partial charge in [0, 0.05) is 17.2 Å². The van der Waals surface area contributed by atoms with Crippen molar-refractivity contribution in [2.45, 2.75) is 11.7 Å². The summed E-state index contributed by atoms with van der Waals surface area (Å²) >= 11 is 11.9. The Morgan fingerprint density at radius 2 is 1.91 bits per heavy atom. The molecule has 0 spiro atoms. The number of hydrogen-bond donors (Lipinski definition) is 1. The van der Waals surface area contributed by atoms with Crippen LogP contribution < -0.4 is 15.0 Å². The van der Waals surface area contributed by atoms with Crippen molar-refractivity contribution in [2.75, 3.05) is 18.1 Å². The Labute approximate surface area is 208 Å². The normalized spacial score (nSPS) is 26.2. The number of nitro groups is 1. The Kier molecular flexibility index (Phi) is 5.74. The van der Waals surface area contributed by atoms with Gasteiger partial charge in [-0.05, 0) is 30.3 Å². The average molecular weight is 518 g/mol. The van der Waals surface area contributed by atoms with Gasteiger partial charge in [0.1, 0.15) is 11.4 Å². The minimum atomic E-state index is -1.19. The number of nitrogens with zero attached hydrogens (tertiary/aromatic N) is 2. The van der Waals surface area contributed by atoms with Gasteiger partial charge in [0.25, 0.3) is 11.6 Å². The van der Waals surface area contributed by atoms with Crippen molar-refractivity contribution >= 4 is 52.3 Å². The van der Waals surface area contributed by atoms with Crippen molar-refractivity contribution in [1.29, 1.82) is 0 Å². The summed E-state index contributed by atoms with van der Waals surface area (Å²) < 4.78 is 11.4. The van der Waals surface area contributed by atoms with Gasteiger partial charge in [-0.25, -0.2) is 4.90 Å². The number of carbonyl (C=O) groups excluding carboxylic acids is 3. The number of nitro benzene ring substituents is 1. The number of imide groups is 1. The van der Waals surface area contributed by atoms with E-state index in [4.69, 9.17) is 32.7 Å². The molecule has 0 unspecified atom stereocenters. The molecule has 3 amide bonds. The van der Waals surface area contributed by atoms with Gasteiger partial charge in [-0.3, -0.25) is 24.5 Å². The fourth-order valence-corrected chi connectivity index (χ4v) is 5.17. The lowest BCUT2D eigenvalue weighted by Gasteiger charge is -2.29. The van der Waals surface area contributed by atoms with Crippen LogP contribution in [-0.2, 0) is 19.1 Å². The number of benzene rings is 2. The van der Waals surface area contributed by atoms with Gasteiger partial charge < -0.3 is 14.8 Å². The molecule has 0 aliphatic carbocycles. The number of anilines is 1. The van der Waals surface area contributed by atoms with E-state index in [1.807, 2.05) is 0 Å². The van der Waals surface area contributed by atoms with Crippen molar-refractivity contribution < 1.29 is 28.8 Å². The molecule has 2 fully saturated rings. The predicted octanol–water partition coefficient (Wildman–Crippen LogP) is 2.91. The van der Waals surface area contributed by atoms with Crippen molar-refractivity contribution in [3.63, 3.8) is 0 Å². The topological polar surface area (TPSA) is 128 Å². The number of rotatable bonds is 7. The van der Waals surface area contributed by atoms with Gasteiger partial charge in [0.15, 0.2) is 6.61 Å². The van der Waals surface area contributed by atoms with Crippen LogP contribution in [0.1, 0.15) is 0 Å². The van der Waals surface area contributed by atoms with Crippen LogP contribution in [0.2, 0.25) is 10.0 Å². The highest BCUT2D eigenvalue weighted by Crippen LogP contribution is 2.52. The first kappa shape index (κ1) is 23.3. The SMILES string of the molecule is O=C(COc1ccc(Cl)cc1Cl)NC[C@@]12C=C[C@H](O1)[C@@H]1C(=O)N(c3ccc([N+](=O)[O-])cc3)C(=O)[C@@H]12. The Morgan fingerprint density at radius 1 is 1.17 bits per heavy atom. The summed E-state index contributed by atoms with van der Waals surface area (Å²) in [4.78, 5) is 50.3. The van der Waals surface area contributed by atoms with E-state index >= 15 is 0 Å². The van der Waals surface area contributed by atoms with E-state index in [1.165, 1.54) is 30.3 Å². The molecule has 0 aromatic heterocycles. The maximum absolute atomic E-state index is 13.3. The first-order chi connectivity index (χ1) is 16.7. The highest BCUT2D eigenvalue weighted by atomic mass is 35.5. The lowest BCUT2D eigenvalue weighted by Crippen LogP contribution is -2.49. The Morgan fingerprint density at radius 3 is 2.60 bits per heavy atom. The summed E-state index contributed by atoms with van der Waals surface area (Å²) in [5.41, 5.74) is -1.10. The molecule has 4 atom stereocenters. The number of nitrogens with one attached hydrogen (secondary N) is 1. The Bertz CT molecular complexity index is 1280. The Balaban J connectivity index is 1.28. The van der Waals surface area contributed by atoms with E-state index < -0.39 is 46.2 Å². The minimum Gasteiger partial charge on any atom is -0.482 e. The van der Waals surface area contributed by atoms with E-state index in [9.17, 15) is 24.5 Å². The molecular weight excluding hydrogens is 501 g/mol. The van der Waals surface area contributed by atoms with Crippen LogP contribution >= 0.6 is 23.2 Å². The highest BCUT2D eigenvalue weighted by molar-refractivity contribution is 6.35. The van der Waals surface area contributed by atoms with Crippen molar-refractivity contribution in [2.24, 2.45) is 11.8 Å². The van der Waals surface area contributed by atoms with E-state index in [0.717, 1.165) is 4.90 Å². The third kappa shape index (κ3) is 3.93. The third-order valence-electron chi connectivity index (χ3n) is 6.29. The van der Waals surface area contributed by atoms with Crippen LogP contribution in [0.3, 0.4) is 0 Å². The van der Waals surface area contributed by atoms with Gasteiger partial charge in [0.05, 0.1) is 40.1 Å². The van der Waals surface area contributed by atoms with Gasteiger partial charge in [-0.1, -0.05) is 35.4 Å². The zero-order valence-corrected chi connectivity index (χ0v) is 19.4. The molecule has 3 heterocycles. The molecule has 35 heavy (non-hydrogen) atoms. The molecule has 180 valence electrons. The van der Waals surface area contributed by atoms with E-state index in [2.05, 4.69) is 5.32 Å². The molecular formula is C23H17Cl2N3O7. The molecule has 0 radical (unpaired) electrons. The zero-order valence-electron chi connectivity index (χ0n) is 17.9. The van der Waals surface area contributed by atoms with Gasteiger partial charge in [0.2, 0.25) is 11.8 Å². The number of amides is 3. The first-order valence-corrected chi connectivity index (χ1v) is 11.3. The van der Waals surface area contributed by atoms with Gasteiger partial charge in [-0.2, -0.15) is 0 Å². The van der Waals surface area contributed by atoms with Crippen molar-refractivity contribution in [3.05, 3.63) is 74.8 Å². The first-order valence-electron chi connectivity index (χ1n) is 10.5. The maximum Gasteiger partial charge on any atom is 0.269 e. The van der Waals surface area contributed by atoms with Crippen LogP contribution in [0.4, 0.5) is 11.4 Å². The minimum absolute atomic E-state index is 0.0508. The molecule has 3 aliphatic rings. The number of non-ortho nitro benzene ring substituents is 1. The van der Waals surface area contributed by atoms with E-state index in [-0.39, 0.29) is 35.3 Å². The second-order valence-electron chi connectivity index (χ2n) is 8.33. The molecule has 12 heteroatoms. The number of halogens is 2. The average Bonchev–Trinajstić information content (AvgIpc) is 3.47.